The van der Waals surface area contributed by atoms with Crippen LogP contribution in [-0.4, -0.2) is 29.7 Å². The molecule has 76 valence electrons. The van der Waals surface area contributed by atoms with Crippen molar-refractivity contribution in [1.82, 2.24) is 15.3 Å². The molecule has 0 amide bonds. The van der Waals surface area contributed by atoms with E-state index in [9.17, 15) is 0 Å². The Morgan fingerprint density at radius 1 is 1.50 bits per heavy atom. The first-order chi connectivity index (χ1) is 6.95. The van der Waals surface area contributed by atoms with Gasteiger partial charge in [0.1, 0.15) is 0 Å². The SMILES string of the molecule is c1cnc(OCCC2CCNC2)cn1. The maximum atomic E-state index is 5.47. The fourth-order valence-electron chi connectivity index (χ4n) is 1.65. The van der Waals surface area contributed by atoms with E-state index in [2.05, 4.69) is 15.3 Å². The van der Waals surface area contributed by atoms with Crippen LogP contribution in [-0.2, 0) is 0 Å². The van der Waals surface area contributed by atoms with Crippen LogP contribution in [0.3, 0.4) is 0 Å². The molecule has 14 heavy (non-hydrogen) atoms. The van der Waals surface area contributed by atoms with Gasteiger partial charge < -0.3 is 10.1 Å². The molecular weight excluding hydrogens is 178 g/mol. The fraction of sp³-hybridized carbons (Fsp3) is 0.600. The quantitative estimate of drug-likeness (QED) is 0.770. The lowest BCUT2D eigenvalue weighted by atomic mass is 10.1. The van der Waals surface area contributed by atoms with E-state index in [1.165, 1.54) is 6.42 Å². The molecule has 0 aliphatic carbocycles. The second kappa shape index (κ2) is 4.91. The van der Waals surface area contributed by atoms with Gasteiger partial charge in [-0.3, -0.25) is 4.98 Å². The molecule has 2 rings (SSSR count). The largest absolute Gasteiger partial charge is 0.477 e. The lowest BCUT2D eigenvalue weighted by Gasteiger charge is -2.08. The Morgan fingerprint density at radius 2 is 2.50 bits per heavy atom. The van der Waals surface area contributed by atoms with Crippen molar-refractivity contribution in [2.45, 2.75) is 12.8 Å². The molecule has 1 saturated heterocycles. The molecule has 1 aliphatic heterocycles. The highest BCUT2D eigenvalue weighted by Crippen LogP contribution is 2.12. The average Bonchev–Trinajstić information content (AvgIpc) is 2.72. The smallest absolute Gasteiger partial charge is 0.232 e. The van der Waals surface area contributed by atoms with Crippen molar-refractivity contribution in [1.29, 1.82) is 0 Å². The summed E-state index contributed by atoms with van der Waals surface area (Å²) >= 11 is 0. The van der Waals surface area contributed by atoms with E-state index in [0.717, 1.165) is 32.0 Å². The van der Waals surface area contributed by atoms with Gasteiger partial charge in [-0.2, -0.15) is 0 Å². The van der Waals surface area contributed by atoms with Crippen molar-refractivity contribution < 1.29 is 4.74 Å². The van der Waals surface area contributed by atoms with Crippen molar-refractivity contribution in [2.24, 2.45) is 5.92 Å². The van der Waals surface area contributed by atoms with Crippen molar-refractivity contribution in [3.05, 3.63) is 18.6 Å². The van der Waals surface area contributed by atoms with Gasteiger partial charge in [-0.15, -0.1) is 0 Å². The summed E-state index contributed by atoms with van der Waals surface area (Å²) in [5, 5.41) is 3.34. The summed E-state index contributed by atoms with van der Waals surface area (Å²) in [5.41, 5.74) is 0. The third-order valence-electron chi connectivity index (χ3n) is 2.48. The molecule has 1 fully saturated rings. The third-order valence-corrected chi connectivity index (χ3v) is 2.48. The van der Waals surface area contributed by atoms with Gasteiger partial charge >= 0.3 is 0 Å². The van der Waals surface area contributed by atoms with Gasteiger partial charge in [-0.05, 0) is 31.8 Å². The summed E-state index contributed by atoms with van der Waals surface area (Å²) in [6, 6.07) is 0. The Kier molecular flexibility index (Phi) is 3.29. The number of ether oxygens (including phenoxy) is 1. The molecule has 0 bridgehead atoms. The summed E-state index contributed by atoms with van der Waals surface area (Å²) in [4.78, 5) is 7.98. The zero-order chi connectivity index (χ0) is 9.64. The van der Waals surface area contributed by atoms with Crippen molar-refractivity contribution in [3.8, 4) is 5.88 Å². The zero-order valence-corrected chi connectivity index (χ0v) is 8.15. The van der Waals surface area contributed by atoms with Crippen LogP contribution in [0.2, 0.25) is 0 Å². The van der Waals surface area contributed by atoms with Gasteiger partial charge in [0.15, 0.2) is 0 Å². The van der Waals surface area contributed by atoms with Crippen LogP contribution >= 0.6 is 0 Å². The lowest BCUT2D eigenvalue weighted by Crippen LogP contribution is -2.11. The highest BCUT2D eigenvalue weighted by Gasteiger charge is 2.13. The Hall–Kier alpha value is -1.16. The van der Waals surface area contributed by atoms with Crippen LogP contribution in [0, 0.1) is 5.92 Å². The van der Waals surface area contributed by atoms with Gasteiger partial charge in [-0.1, -0.05) is 0 Å². The number of aromatic nitrogens is 2. The average molecular weight is 193 g/mol. The topological polar surface area (TPSA) is 47.0 Å². The Bertz CT molecular complexity index is 259. The summed E-state index contributed by atoms with van der Waals surface area (Å²) < 4.78 is 5.47. The van der Waals surface area contributed by atoms with E-state index < -0.39 is 0 Å². The van der Waals surface area contributed by atoms with Crippen LogP contribution in [0.1, 0.15) is 12.8 Å². The molecule has 1 unspecified atom stereocenters. The second-order valence-electron chi connectivity index (χ2n) is 3.54. The summed E-state index contributed by atoms with van der Waals surface area (Å²) in [6.07, 6.45) is 7.31. The number of nitrogens with zero attached hydrogens (tertiary/aromatic N) is 2. The monoisotopic (exact) mass is 193 g/mol. The molecule has 4 nitrogen and oxygen atoms in total. The number of hydrogen-bond acceptors (Lipinski definition) is 4. The van der Waals surface area contributed by atoms with Crippen LogP contribution in [0.5, 0.6) is 5.88 Å². The minimum Gasteiger partial charge on any atom is -0.477 e. The molecular formula is C10H15N3O. The Labute approximate surface area is 83.7 Å². The minimum atomic E-state index is 0.624. The summed E-state index contributed by atoms with van der Waals surface area (Å²) in [7, 11) is 0. The molecule has 2 heterocycles. The van der Waals surface area contributed by atoms with E-state index in [4.69, 9.17) is 4.74 Å². The van der Waals surface area contributed by atoms with E-state index in [-0.39, 0.29) is 0 Å². The Morgan fingerprint density at radius 3 is 3.21 bits per heavy atom. The number of rotatable bonds is 4. The zero-order valence-electron chi connectivity index (χ0n) is 8.15. The summed E-state index contributed by atoms with van der Waals surface area (Å²) in [5.74, 6) is 1.39. The molecule has 0 aromatic carbocycles. The van der Waals surface area contributed by atoms with Crippen LogP contribution in [0.4, 0.5) is 0 Å². The van der Waals surface area contributed by atoms with Crippen LogP contribution in [0.25, 0.3) is 0 Å². The molecule has 4 heteroatoms. The van der Waals surface area contributed by atoms with E-state index in [0.29, 0.717) is 5.88 Å². The van der Waals surface area contributed by atoms with Gasteiger partial charge in [0.25, 0.3) is 0 Å². The molecule has 1 N–H and O–H groups in total. The van der Waals surface area contributed by atoms with Gasteiger partial charge in [0.2, 0.25) is 5.88 Å². The van der Waals surface area contributed by atoms with E-state index in [1.807, 2.05) is 0 Å². The van der Waals surface area contributed by atoms with Crippen molar-refractivity contribution >= 4 is 0 Å². The molecule has 1 aliphatic rings. The molecule has 1 atom stereocenters. The Balaban J connectivity index is 1.67. The van der Waals surface area contributed by atoms with Gasteiger partial charge in [0.05, 0.1) is 12.8 Å². The molecule has 0 radical (unpaired) electrons. The first kappa shape index (κ1) is 9.40. The standard InChI is InChI=1S/C10H15N3O/c1-3-11-7-9(1)2-6-14-10-8-12-4-5-13-10/h4-5,8-9,11H,1-3,6-7H2. The van der Waals surface area contributed by atoms with E-state index in [1.54, 1.807) is 18.6 Å². The maximum absolute atomic E-state index is 5.47. The van der Waals surface area contributed by atoms with Gasteiger partial charge in [-0.25, -0.2) is 4.98 Å². The lowest BCUT2D eigenvalue weighted by molar-refractivity contribution is 0.273. The van der Waals surface area contributed by atoms with Crippen molar-refractivity contribution in [3.63, 3.8) is 0 Å². The van der Waals surface area contributed by atoms with Crippen molar-refractivity contribution in [2.75, 3.05) is 19.7 Å². The second-order valence-corrected chi connectivity index (χ2v) is 3.54. The predicted molar refractivity (Wildman–Crippen MR) is 53.1 cm³/mol. The predicted octanol–water partition coefficient (Wildman–Crippen LogP) is 0.855. The highest BCUT2D eigenvalue weighted by molar-refractivity contribution is 5.00. The van der Waals surface area contributed by atoms with Crippen LogP contribution in [0.15, 0.2) is 18.6 Å². The third kappa shape index (κ3) is 2.67. The normalized spacial score (nSPS) is 21.0. The number of hydrogen-bond donors (Lipinski definition) is 1. The molecule has 0 spiro atoms. The fourth-order valence-corrected chi connectivity index (χ4v) is 1.65. The van der Waals surface area contributed by atoms with Gasteiger partial charge in [0, 0.05) is 12.4 Å². The molecule has 0 saturated carbocycles. The maximum Gasteiger partial charge on any atom is 0.232 e. The minimum absolute atomic E-state index is 0.624. The summed E-state index contributed by atoms with van der Waals surface area (Å²) in [6.45, 7) is 3.02. The van der Waals surface area contributed by atoms with E-state index >= 15 is 0 Å². The first-order valence-corrected chi connectivity index (χ1v) is 5.04. The molecule has 1 aromatic heterocycles. The van der Waals surface area contributed by atoms with Crippen LogP contribution < -0.4 is 10.1 Å². The highest BCUT2D eigenvalue weighted by atomic mass is 16.5. The first-order valence-electron chi connectivity index (χ1n) is 5.04. The molecule has 1 aromatic rings. The number of nitrogens with one attached hydrogen (secondary N) is 1.